The van der Waals surface area contributed by atoms with E-state index in [2.05, 4.69) is 48.1 Å². The van der Waals surface area contributed by atoms with Crippen molar-refractivity contribution in [1.82, 2.24) is 9.97 Å². The lowest BCUT2D eigenvalue weighted by Crippen LogP contribution is -2.30. The summed E-state index contributed by atoms with van der Waals surface area (Å²) in [5, 5.41) is 0. The van der Waals surface area contributed by atoms with E-state index in [1.807, 2.05) is 12.1 Å². The van der Waals surface area contributed by atoms with Gasteiger partial charge in [0.1, 0.15) is 5.75 Å². The molecule has 2 atom stereocenters. The van der Waals surface area contributed by atoms with Crippen LogP contribution in [0.3, 0.4) is 0 Å². The van der Waals surface area contributed by atoms with Gasteiger partial charge in [-0.05, 0) is 121 Å². The third kappa shape index (κ3) is 9.11. The number of ether oxygens (including phenoxy) is 1. The fourth-order valence-electron chi connectivity index (χ4n) is 8.10. The van der Waals surface area contributed by atoms with Crippen molar-refractivity contribution in [3.05, 3.63) is 89.5 Å². The molecule has 1 aromatic carbocycles. The third-order valence-corrected chi connectivity index (χ3v) is 10.8. The van der Waals surface area contributed by atoms with E-state index >= 15 is 0 Å². The quantitative estimate of drug-likeness (QED) is 0.136. The van der Waals surface area contributed by atoms with Gasteiger partial charge in [-0.15, -0.1) is 0 Å². The molecular weight excluding hydrogens is 550 g/mol. The SMILES string of the molecule is CCCCCOc1ccc(C2CCC(C(Cc3ccc(F)nc3)C(CC3CCC(CC)CC3)c3ccc(F)nc3)CC2)cc1. The highest BCUT2D eigenvalue weighted by Crippen LogP contribution is 2.48. The molecule has 5 rings (SSSR count). The summed E-state index contributed by atoms with van der Waals surface area (Å²) < 4.78 is 33.7. The van der Waals surface area contributed by atoms with Gasteiger partial charge in [0.25, 0.3) is 0 Å². The minimum absolute atomic E-state index is 0.294. The Balaban J connectivity index is 1.32. The number of unbranched alkanes of at least 4 members (excludes halogenated alkanes) is 2. The molecule has 2 unspecified atom stereocenters. The molecule has 3 nitrogen and oxygen atoms in total. The Morgan fingerprint density at radius 3 is 2.05 bits per heavy atom. The normalized spacial score (nSPS) is 23.6. The first-order valence-corrected chi connectivity index (χ1v) is 17.5. The first kappa shape index (κ1) is 32.6. The van der Waals surface area contributed by atoms with Gasteiger partial charge in [-0.25, -0.2) is 9.97 Å². The van der Waals surface area contributed by atoms with Gasteiger partial charge in [0.15, 0.2) is 0 Å². The molecule has 2 saturated carbocycles. The minimum atomic E-state index is -0.435. The molecule has 2 aliphatic carbocycles. The van der Waals surface area contributed by atoms with Crippen LogP contribution >= 0.6 is 0 Å². The summed E-state index contributed by atoms with van der Waals surface area (Å²) in [5.74, 6) is 3.41. The summed E-state index contributed by atoms with van der Waals surface area (Å²) in [5.41, 5.74) is 3.65. The van der Waals surface area contributed by atoms with E-state index in [9.17, 15) is 8.78 Å². The fraction of sp³-hybridized carbons (Fsp3) is 0.590. The molecular formula is C39H52F2N2O. The van der Waals surface area contributed by atoms with Gasteiger partial charge < -0.3 is 4.74 Å². The molecule has 0 aliphatic heterocycles. The van der Waals surface area contributed by atoms with Crippen LogP contribution in [0, 0.1) is 35.6 Å². The average Bonchev–Trinajstić information content (AvgIpc) is 3.07. The molecule has 2 aromatic heterocycles. The predicted octanol–water partition coefficient (Wildman–Crippen LogP) is 10.8. The molecule has 2 heterocycles. The van der Waals surface area contributed by atoms with Gasteiger partial charge >= 0.3 is 0 Å². The second kappa shape index (κ2) is 16.5. The molecule has 2 fully saturated rings. The van der Waals surface area contributed by atoms with E-state index in [-0.39, 0.29) is 0 Å². The van der Waals surface area contributed by atoms with Crippen molar-refractivity contribution in [2.45, 2.75) is 116 Å². The number of nitrogens with zero attached hydrogens (tertiary/aromatic N) is 2. The van der Waals surface area contributed by atoms with Crippen molar-refractivity contribution in [3.63, 3.8) is 0 Å². The van der Waals surface area contributed by atoms with Crippen LogP contribution in [0.25, 0.3) is 0 Å². The molecule has 3 aromatic rings. The standard InChI is InChI=1S/C39H52F2N2O/c1-3-5-6-23-44-35-19-16-32(17-20-35)31-12-14-33(15-13-31)36(25-30-11-21-38(40)42-26-30)37(34-18-22-39(41)43-27-34)24-29-9-7-28(4-2)8-10-29/h11,16-22,26-29,31,33,36-37H,3-10,12-15,23-25H2,1-2H3. The molecule has 0 bridgehead atoms. The summed E-state index contributed by atoms with van der Waals surface area (Å²) >= 11 is 0. The van der Waals surface area contributed by atoms with E-state index in [0.29, 0.717) is 29.6 Å². The smallest absolute Gasteiger partial charge is 0.212 e. The molecule has 5 heteroatoms. The second-order valence-electron chi connectivity index (χ2n) is 13.6. The summed E-state index contributed by atoms with van der Waals surface area (Å²) in [7, 11) is 0. The van der Waals surface area contributed by atoms with Crippen molar-refractivity contribution in [1.29, 1.82) is 0 Å². The zero-order valence-electron chi connectivity index (χ0n) is 26.9. The number of benzene rings is 1. The van der Waals surface area contributed by atoms with Crippen LogP contribution in [0.4, 0.5) is 8.78 Å². The van der Waals surface area contributed by atoms with Crippen LogP contribution in [-0.2, 0) is 6.42 Å². The molecule has 44 heavy (non-hydrogen) atoms. The Bertz CT molecular complexity index is 1230. The van der Waals surface area contributed by atoms with Crippen LogP contribution in [0.5, 0.6) is 5.75 Å². The molecule has 0 spiro atoms. The van der Waals surface area contributed by atoms with Crippen molar-refractivity contribution in [3.8, 4) is 5.75 Å². The number of rotatable bonds is 14. The lowest BCUT2D eigenvalue weighted by Gasteiger charge is -2.40. The van der Waals surface area contributed by atoms with Gasteiger partial charge in [-0.3, -0.25) is 0 Å². The average molecular weight is 603 g/mol. The molecule has 0 saturated heterocycles. The second-order valence-corrected chi connectivity index (χ2v) is 13.6. The van der Waals surface area contributed by atoms with Crippen LogP contribution in [0.15, 0.2) is 60.9 Å². The van der Waals surface area contributed by atoms with Crippen LogP contribution in [0.1, 0.15) is 126 Å². The topological polar surface area (TPSA) is 35.0 Å². The Labute approximate surface area is 264 Å². The molecule has 0 N–H and O–H groups in total. The van der Waals surface area contributed by atoms with Crippen molar-refractivity contribution in [2.75, 3.05) is 6.61 Å². The summed E-state index contributed by atoms with van der Waals surface area (Å²) in [6, 6.07) is 15.7. The Kier molecular flexibility index (Phi) is 12.2. The monoisotopic (exact) mass is 602 g/mol. The summed E-state index contributed by atoms with van der Waals surface area (Å²) in [6.07, 6.45) is 20.1. The largest absolute Gasteiger partial charge is 0.494 e. The highest BCUT2D eigenvalue weighted by atomic mass is 19.1. The van der Waals surface area contributed by atoms with Crippen molar-refractivity contribution < 1.29 is 13.5 Å². The Hall–Kier alpha value is -2.82. The highest BCUT2D eigenvalue weighted by Gasteiger charge is 2.36. The Morgan fingerprint density at radius 1 is 0.750 bits per heavy atom. The number of halogens is 2. The third-order valence-electron chi connectivity index (χ3n) is 10.8. The van der Waals surface area contributed by atoms with Gasteiger partial charge in [-0.2, -0.15) is 8.78 Å². The van der Waals surface area contributed by atoms with E-state index in [4.69, 9.17) is 4.74 Å². The minimum Gasteiger partial charge on any atom is -0.494 e. The van der Waals surface area contributed by atoms with E-state index in [1.54, 1.807) is 12.4 Å². The number of pyridine rings is 2. The van der Waals surface area contributed by atoms with Gasteiger partial charge in [0, 0.05) is 12.4 Å². The molecule has 2 aliphatic rings. The number of hydrogen-bond donors (Lipinski definition) is 0. The summed E-state index contributed by atoms with van der Waals surface area (Å²) in [6.45, 7) is 5.32. The van der Waals surface area contributed by atoms with Gasteiger partial charge in [-0.1, -0.05) is 83.1 Å². The van der Waals surface area contributed by atoms with Crippen LogP contribution in [-0.4, -0.2) is 16.6 Å². The maximum Gasteiger partial charge on any atom is 0.212 e. The Morgan fingerprint density at radius 2 is 1.43 bits per heavy atom. The number of aromatic nitrogens is 2. The lowest BCUT2D eigenvalue weighted by molar-refractivity contribution is 0.167. The van der Waals surface area contributed by atoms with Crippen molar-refractivity contribution >= 4 is 0 Å². The van der Waals surface area contributed by atoms with E-state index in [1.165, 1.54) is 62.6 Å². The first-order chi connectivity index (χ1) is 21.5. The lowest BCUT2D eigenvalue weighted by atomic mass is 9.64. The van der Waals surface area contributed by atoms with Gasteiger partial charge in [0.05, 0.1) is 6.61 Å². The maximum absolute atomic E-state index is 14.0. The van der Waals surface area contributed by atoms with Gasteiger partial charge in [0.2, 0.25) is 11.9 Å². The van der Waals surface area contributed by atoms with E-state index < -0.39 is 11.9 Å². The van der Waals surface area contributed by atoms with Crippen LogP contribution < -0.4 is 4.74 Å². The van der Waals surface area contributed by atoms with E-state index in [0.717, 1.165) is 74.3 Å². The molecule has 0 radical (unpaired) electrons. The first-order valence-electron chi connectivity index (χ1n) is 17.5. The highest BCUT2D eigenvalue weighted by molar-refractivity contribution is 5.30. The zero-order valence-corrected chi connectivity index (χ0v) is 26.9. The fourth-order valence-corrected chi connectivity index (χ4v) is 8.10. The van der Waals surface area contributed by atoms with Crippen LogP contribution in [0.2, 0.25) is 0 Å². The maximum atomic E-state index is 14.0. The predicted molar refractivity (Wildman–Crippen MR) is 175 cm³/mol. The number of hydrogen-bond acceptors (Lipinski definition) is 3. The molecule has 238 valence electrons. The summed E-state index contributed by atoms with van der Waals surface area (Å²) in [4.78, 5) is 8.11. The van der Waals surface area contributed by atoms with Crippen molar-refractivity contribution in [2.24, 2.45) is 23.7 Å². The zero-order chi connectivity index (χ0) is 30.7. The molecule has 0 amide bonds.